The van der Waals surface area contributed by atoms with Crippen molar-refractivity contribution < 1.29 is 24.2 Å². The monoisotopic (exact) mass is 431 g/mol. The first-order valence-corrected chi connectivity index (χ1v) is 8.59. The van der Waals surface area contributed by atoms with E-state index in [2.05, 4.69) is 26.6 Å². The zero-order chi connectivity index (χ0) is 19.8. The maximum Gasteiger partial charge on any atom is 0.268 e. The van der Waals surface area contributed by atoms with Gasteiger partial charge in [0.1, 0.15) is 11.4 Å². The number of carboxylic acids is 1. The molecule has 0 aliphatic rings. The molecule has 0 saturated carbocycles. The molecule has 2 amide bonds. The Morgan fingerprint density at radius 1 is 1.11 bits per heavy atom. The Morgan fingerprint density at radius 3 is 2.41 bits per heavy atom. The fourth-order valence-corrected chi connectivity index (χ4v) is 2.42. The van der Waals surface area contributed by atoms with Crippen molar-refractivity contribution in [2.24, 2.45) is 0 Å². The second kappa shape index (κ2) is 9.54. The highest BCUT2D eigenvalue weighted by Crippen LogP contribution is 2.18. The van der Waals surface area contributed by atoms with Gasteiger partial charge in [0.05, 0.1) is 25.2 Å². The Morgan fingerprint density at radius 2 is 1.78 bits per heavy atom. The molecule has 27 heavy (non-hydrogen) atoms. The molecule has 2 N–H and O–H groups in total. The fraction of sp³-hybridized carbons (Fsp3) is 0.105. The molecular formula is C19H16BrN2O5-. The molecule has 0 unspecified atom stereocenters. The van der Waals surface area contributed by atoms with Gasteiger partial charge in [-0.3, -0.25) is 9.59 Å². The number of hydrogen-bond donors (Lipinski definition) is 2. The standard InChI is InChI=1S/C19H17BrN2O5/c1-27-16-5-3-2-4-14(16)18(25)22-15(19(26)21-11-17(23)24)10-12-6-8-13(20)9-7-12/h2-10H,11H2,1H3,(H,21,26)(H,22,25)(H,23,24)/p-1/b15-10+. The maximum atomic E-state index is 12.6. The van der Waals surface area contributed by atoms with Crippen LogP contribution in [0.5, 0.6) is 5.75 Å². The Kier molecular flexibility index (Phi) is 7.13. The first kappa shape index (κ1) is 20.2. The molecule has 2 aromatic rings. The molecule has 140 valence electrons. The number of methoxy groups -OCH3 is 1. The molecule has 0 aliphatic carbocycles. The molecule has 0 aliphatic heterocycles. The van der Waals surface area contributed by atoms with E-state index in [-0.39, 0.29) is 11.3 Å². The first-order chi connectivity index (χ1) is 12.9. The quantitative estimate of drug-likeness (QED) is 0.638. The Bertz CT molecular complexity index is 878. The van der Waals surface area contributed by atoms with E-state index in [1.807, 2.05) is 0 Å². The van der Waals surface area contributed by atoms with Gasteiger partial charge in [0, 0.05) is 4.47 Å². The van der Waals surface area contributed by atoms with E-state index in [1.54, 1.807) is 48.5 Å². The van der Waals surface area contributed by atoms with Crippen LogP contribution in [0.2, 0.25) is 0 Å². The predicted molar refractivity (Wildman–Crippen MR) is 101 cm³/mol. The number of ether oxygens (including phenoxy) is 1. The third-order valence-corrected chi connectivity index (χ3v) is 3.95. The van der Waals surface area contributed by atoms with E-state index in [9.17, 15) is 19.5 Å². The fourth-order valence-electron chi connectivity index (χ4n) is 2.15. The molecule has 0 fully saturated rings. The van der Waals surface area contributed by atoms with Gasteiger partial charge in [-0.2, -0.15) is 0 Å². The van der Waals surface area contributed by atoms with E-state index in [0.717, 1.165) is 4.47 Å². The summed E-state index contributed by atoms with van der Waals surface area (Å²) in [6, 6.07) is 13.5. The highest BCUT2D eigenvalue weighted by Gasteiger charge is 2.17. The molecule has 0 radical (unpaired) electrons. The van der Waals surface area contributed by atoms with Gasteiger partial charge in [-0.25, -0.2) is 0 Å². The Hall–Kier alpha value is -3.13. The largest absolute Gasteiger partial charge is 0.548 e. The summed E-state index contributed by atoms with van der Waals surface area (Å²) in [5.41, 5.74) is 0.751. The SMILES string of the molecule is COc1ccccc1C(=O)N/C(=C/c1ccc(Br)cc1)C(=O)NCC(=O)[O-]. The van der Waals surface area contributed by atoms with E-state index in [1.165, 1.54) is 13.2 Å². The second-order valence-corrected chi connectivity index (χ2v) is 6.23. The molecule has 0 heterocycles. The number of halogens is 1. The summed E-state index contributed by atoms with van der Waals surface area (Å²) >= 11 is 3.31. The van der Waals surface area contributed by atoms with Gasteiger partial charge in [0.25, 0.3) is 11.8 Å². The van der Waals surface area contributed by atoms with Crippen LogP contribution in [0.1, 0.15) is 15.9 Å². The molecular weight excluding hydrogens is 416 g/mol. The number of carbonyl (C=O) groups excluding carboxylic acids is 3. The average molecular weight is 432 g/mol. The van der Waals surface area contributed by atoms with Crippen LogP contribution < -0.4 is 20.5 Å². The lowest BCUT2D eigenvalue weighted by Crippen LogP contribution is -2.41. The molecule has 2 aromatic carbocycles. The van der Waals surface area contributed by atoms with E-state index in [4.69, 9.17) is 4.74 Å². The van der Waals surface area contributed by atoms with Crippen molar-refractivity contribution in [3.63, 3.8) is 0 Å². The lowest BCUT2D eigenvalue weighted by molar-refractivity contribution is -0.303. The summed E-state index contributed by atoms with van der Waals surface area (Å²) in [4.78, 5) is 35.5. The van der Waals surface area contributed by atoms with E-state index >= 15 is 0 Å². The minimum atomic E-state index is -1.44. The number of hydrogen-bond acceptors (Lipinski definition) is 5. The van der Waals surface area contributed by atoms with E-state index < -0.39 is 24.3 Å². The topological polar surface area (TPSA) is 108 Å². The average Bonchev–Trinajstić information content (AvgIpc) is 2.67. The molecule has 8 heteroatoms. The van der Waals surface area contributed by atoms with Gasteiger partial charge < -0.3 is 25.3 Å². The number of amides is 2. The minimum absolute atomic E-state index is 0.116. The predicted octanol–water partition coefficient (Wildman–Crippen LogP) is 1.09. The Balaban J connectivity index is 2.31. The van der Waals surface area contributed by atoms with Crippen molar-refractivity contribution >= 4 is 39.8 Å². The molecule has 7 nitrogen and oxygen atoms in total. The van der Waals surface area contributed by atoms with Crippen LogP contribution >= 0.6 is 15.9 Å². The lowest BCUT2D eigenvalue weighted by Gasteiger charge is -2.13. The third-order valence-electron chi connectivity index (χ3n) is 3.42. The summed E-state index contributed by atoms with van der Waals surface area (Å²) in [7, 11) is 1.43. The van der Waals surface area contributed by atoms with Gasteiger partial charge in [-0.1, -0.05) is 40.2 Å². The van der Waals surface area contributed by atoms with Crippen LogP contribution in [0.3, 0.4) is 0 Å². The lowest BCUT2D eigenvalue weighted by atomic mass is 10.1. The van der Waals surface area contributed by atoms with Crippen molar-refractivity contribution in [2.45, 2.75) is 0 Å². The van der Waals surface area contributed by atoms with Gasteiger partial charge in [-0.05, 0) is 35.9 Å². The number of nitrogens with one attached hydrogen (secondary N) is 2. The summed E-state index contributed by atoms with van der Waals surface area (Å²) in [5, 5.41) is 15.3. The highest BCUT2D eigenvalue weighted by molar-refractivity contribution is 9.10. The van der Waals surface area contributed by atoms with Crippen molar-refractivity contribution in [2.75, 3.05) is 13.7 Å². The zero-order valence-corrected chi connectivity index (χ0v) is 15.9. The maximum absolute atomic E-state index is 12.6. The summed E-state index contributed by atoms with van der Waals surface area (Å²) < 4.78 is 5.99. The van der Waals surface area contributed by atoms with Crippen LogP contribution in [-0.4, -0.2) is 31.4 Å². The molecule has 0 spiro atoms. The van der Waals surface area contributed by atoms with Gasteiger partial charge in [0.2, 0.25) is 0 Å². The number of carbonyl (C=O) groups is 3. The van der Waals surface area contributed by atoms with Crippen molar-refractivity contribution in [1.82, 2.24) is 10.6 Å². The molecule has 0 aromatic heterocycles. The Labute approximate surface area is 164 Å². The normalized spacial score (nSPS) is 10.8. The summed E-state index contributed by atoms with van der Waals surface area (Å²) in [5.74, 6) is -2.43. The van der Waals surface area contributed by atoms with E-state index in [0.29, 0.717) is 11.3 Å². The molecule has 0 bridgehead atoms. The smallest absolute Gasteiger partial charge is 0.268 e. The van der Waals surface area contributed by atoms with Gasteiger partial charge >= 0.3 is 0 Å². The van der Waals surface area contributed by atoms with Crippen LogP contribution in [-0.2, 0) is 9.59 Å². The number of aliphatic carboxylic acids is 1. The van der Waals surface area contributed by atoms with Crippen LogP contribution in [0, 0.1) is 0 Å². The van der Waals surface area contributed by atoms with Gasteiger partial charge in [0.15, 0.2) is 0 Å². The van der Waals surface area contributed by atoms with Crippen molar-refractivity contribution in [3.8, 4) is 5.75 Å². The zero-order valence-electron chi connectivity index (χ0n) is 14.3. The first-order valence-electron chi connectivity index (χ1n) is 7.80. The third kappa shape index (κ3) is 5.96. The van der Waals surface area contributed by atoms with Crippen LogP contribution in [0.25, 0.3) is 6.08 Å². The van der Waals surface area contributed by atoms with Crippen LogP contribution in [0.15, 0.2) is 58.7 Å². The second-order valence-electron chi connectivity index (χ2n) is 5.32. The summed E-state index contributed by atoms with van der Waals surface area (Å²) in [6.45, 7) is -0.680. The summed E-state index contributed by atoms with van der Waals surface area (Å²) in [6.07, 6.45) is 1.43. The van der Waals surface area contributed by atoms with Crippen molar-refractivity contribution in [3.05, 3.63) is 69.8 Å². The number of rotatable bonds is 7. The molecule has 0 saturated heterocycles. The highest BCUT2D eigenvalue weighted by atomic mass is 79.9. The number of para-hydroxylation sites is 1. The minimum Gasteiger partial charge on any atom is -0.548 e. The molecule has 2 rings (SSSR count). The van der Waals surface area contributed by atoms with Crippen LogP contribution in [0.4, 0.5) is 0 Å². The van der Waals surface area contributed by atoms with Gasteiger partial charge in [-0.15, -0.1) is 0 Å². The number of carboxylic acid groups (broad SMARTS) is 1. The van der Waals surface area contributed by atoms with Crippen molar-refractivity contribution in [1.29, 1.82) is 0 Å². The number of benzene rings is 2. The molecule has 0 atom stereocenters.